The molecule has 2 aromatic rings. The van der Waals surface area contributed by atoms with E-state index < -0.39 is 16.1 Å². The zero-order valence-corrected chi connectivity index (χ0v) is 22.7. The van der Waals surface area contributed by atoms with E-state index in [0.717, 1.165) is 12.0 Å². The van der Waals surface area contributed by atoms with Crippen LogP contribution in [0.1, 0.15) is 45.1 Å². The van der Waals surface area contributed by atoms with Crippen LogP contribution in [0, 0.1) is 0 Å². The number of carbonyl (C=O) groups is 2. The highest BCUT2D eigenvalue weighted by Crippen LogP contribution is 2.24. The van der Waals surface area contributed by atoms with Gasteiger partial charge in [0, 0.05) is 33.1 Å². The van der Waals surface area contributed by atoms with Gasteiger partial charge in [-0.15, -0.1) is 0 Å². The molecular weight excluding hydrogens is 509 g/mol. The maximum absolute atomic E-state index is 13.3. The van der Waals surface area contributed by atoms with Crippen LogP contribution < -0.4 is 5.32 Å². The van der Waals surface area contributed by atoms with Crippen LogP contribution in [-0.2, 0) is 26.2 Å². The molecule has 35 heavy (non-hydrogen) atoms. The number of nitrogens with zero attached hydrogens (tertiary/aromatic N) is 2. The predicted octanol–water partition coefficient (Wildman–Crippen LogP) is 4.73. The largest absolute Gasteiger partial charge is 0.354 e. The molecule has 0 aliphatic rings. The normalized spacial score (nSPS) is 12.4. The van der Waals surface area contributed by atoms with Crippen LogP contribution in [0.2, 0.25) is 10.0 Å². The van der Waals surface area contributed by atoms with Crippen molar-refractivity contribution in [1.82, 2.24) is 14.5 Å². The summed E-state index contributed by atoms with van der Waals surface area (Å²) in [6.07, 6.45) is 1.62. The Labute approximate surface area is 218 Å². The Morgan fingerprint density at radius 3 is 2.31 bits per heavy atom. The van der Waals surface area contributed by atoms with Gasteiger partial charge >= 0.3 is 0 Å². The molecule has 2 rings (SSSR count). The second-order valence-electron chi connectivity index (χ2n) is 8.23. The van der Waals surface area contributed by atoms with Gasteiger partial charge in [-0.25, -0.2) is 12.7 Å². The first-order valence-electron chi connectivity index (χ1n) is 11.6. The molecule has 7 nitrogen and oxygen atoms in total. The third-order valence-electron chi connectivity index (χ3n) is 5.59. The highest BCUT2D eigenvalue weighted by molar-refractivity contribution is 7.89. The average Bonchev–Trinajstić information content (AvgIpc) is 2.85. The first-order valence-corrected chi connectivity index (χ1v) is 13.8. The molecule has 192 valence electrons. The summed E-state index contributed by atoms with van der Waals surface area (Å²) >= 11 is 12.2. The van der Waals surface area contributed by atoms with E-state index >= 15 is 0 Å². The summed E-state index contributed by atoms with van der Waals surface area (Å²) in [4.78, 5) is 27.9. The molecule has 0 saturated carbocycles. The molecule has 2 aromatic carbocycles. The van der Waals surface area contributed by atoms with Gasteiger partial charge in [-0.1, -0.05) is 61.3 Å². The zero-order valence-electron chi connectivity index (χ0n) is 20.3. The maximum Gasteiger partial charge on any atom is 0.242 e. The zero-order chi connectivity index (χ0) is 26.0. The molecule has 0 saturated heterocycles. The molecule has 0 fully saturated rings. The topological polar surface area (TPSA) is 86.8 Å². The van der Waals surface area contributed by atoms with Crippen molar-refractivity contribution in [3.63, 3.8) is 0 Å². The smallest absolute Gasteiger partial charge is 0.242 e. The van der Waals surface area contributed by atoms with Crippen molar-refractivity contribution >= 4 is 45.0 Å². The fraction of sp³-hybridized carbons (Fsp3) is 0.440. The number of carbonyl (C=O) groups excluding carboxylic acids is 2. The van der Waals surface area contributed by atoms with Gasteiger partial charge in [0.25, 0.3) is 0 Å². The molecule has 1 atom stereocenters. The van der Waals surface area contributed by atoms with Crippen LogP contribution in [-0.4, -0.2) is 55.6 Å². The first-order chi connectivity index (χ1) is 16.6. The van der Waals surface area contributed by atoms with Gasteiger partial charge in [0.1, 0.15) is 6.04 Å². The number of rotatable bonds is 13. The van der Waals surface area contributed by atoms with Crippen LogP contribution in [0.15, 0.2) is 53.4 Å². The molecule has 0 aliphatic heterocycles. The number of benzene rings is 2. The second kappa shape index (κ2) is 13.8. The highest BCUT2D eigenvalue weighted by atomic mass is 35.5. The van der Waals surface area contributed by atoms with Crippen molar-refractivity contribution in [2.45, 2.75) is 57.0 Å². The molecule has 1 unspecified atom stereocenters. The summed E-state index contributed by atoms with van der Waals surface area (Å²) in [6.45, 7) is 4.69. The van der Waals surface area contributed by atoms with Crippen molar-refractivity contribution in [1.29, 1.82) is 0 Å². The second-order valence-corrected chi connectivity index (χ2v) is 11.1. The minimum Gasteiger partial charge on any atom is -0.354 e. The van der Waals surface area contributed by atoms with E-state index in [1.54, 1.807) is 36.4 Å². The summed E-state index contributed by atoms with van der Waals surface area (Å²) in [5, 5.41) is 3.64. The molecule has 0 spiro atoms. The number of nitrogens with one attached hydrogen (secondary N) is 1. The minimum absolute atomic E-state index is 0.0908. The summed E-state index contributed by atoms with van der Waals surface area (Å²) in [7, 11) is -2.15. The van der Waals surface area contributed by atoms with E-state index in [2.05, 4.69) is 5.32 Å². The number of halogens is 2. The van der Waals surface area contributed by atoms with Crippen molar-refractivity contribution < 1.29 is 18.0 Å². The van der Waals surface area contributed by atoms with Gasteiger partial charge in [0.2, 0.25) is 21.8 Å². The van der Waals surface area contributed by atoms with Crippen LogP contribution >= 0.6 is 23.2 Å². The fourth-order valence-electron chi connectivity index (χ4n) is 3.61. The van der Waals surface area contributed by atoms with E-state index in [1.807, 2.05) is 13.8 Å². The molecule has 0 heterocycles. The maximum atomic E-state index is 13.3. The third-order valence-corrected chi connectivity index (χ3v) is 8.20. The Balaban J connectivity index is 2.14. The summed E-state index contributed by atoms with van der Waals surface area (Å²) in [5.41, 5.74) is 0.748. The van der Waals surface area contributed by atoms with Gasteiger partial charge in [0.15, 0.2) is 0 Å². The molecular formula is C25H33Cl2N3O4S. The van der Waals surface area contributed by atoms with Crippen molar-refractivity contribution in [3.8, 4) is 0 Å². The molecule has 0 aliphatic carbocycles. The average molecular weight is 543 g/mol. The lowest BCUT2D eigenvalue weighted by Crippen LogP contribution is -2.49. The molecule has 0 aromatic heterocycles. The van der Waals surface area contributed by atoms with Crippen LogP contribution in [0.25, 0.3) is 0 Å². The Morgan fingerprint density at radius 1 is 1.03 bits per heavy atom. The first kappa shape index (κ1) is 29.1. The number of sulfonamides is 1. The van der Waals surface area contributed by atoms with E-state index in [9.17, 15) is 18.0 Å². The Bertz CT molecular complexity index is 1100. The monoisotopic (exact) mass is 541 g/mol. The lowest BCUT2D eigenvalue weighted by atomic mass is 10.1. The quantitative estimate of drug-likeness (QED) is 0.397. The summed E-state index contributed by atoms with van der Waals surface area (Å²) < 4.78 is 26.7. The number of amides is 2. The summed E-state index contributed by atoms with van der Waals surface area (Å²) in [6, 6.07) is 12.6. The molecule has 2 amide bonds. The van der Waals surface area contributed by atoms with E-state index in [1.165, 1.54) is 28.4 Å². The number of hydrogen-bond donors (Lipinski definition) is 1. The van der Waals surface area contributed by atoms with Crippen molar-refractivity contribution in [3.05, 3.63) is 64.1 Å². The van der Waals surface area contributed by atoms with Gasteiger partial charge in [0.05, 0.1) is 14.9 Å². The number of hydrogen-bond acceptors (Lipinski definition) is 4. The minimum atomic E-state index is -3.64. The van der Waals surface area contributed by atoms with Gasteiger partial charge in [-0.3, -0.25) is 9.59 Å². The third kappa shape index (κ3) is 8.20. The van der Waals surface area contributed by atoms with Crippen LogP contribution in [0.4, 0.5) is 0 Å². The Hall–Kier alpha value is -2.13. The van der Waals surface area contributed by atoms with Crippen molar-refractivity contribution in [2.75, 3.05) is 20.1 Å². The van der Waals surface area contributed by atoms with Crippen LogP contribution in [0.3, 0.4) is 0 Å². The lowest BCUT2D eigenvalue weighted by molar-refractivity contribution is -0.141. The molecule has 0 bridgehead atoms. The van der Waals surface area contributed by atoms with Gasteiger partial charge in [-0.05, 0) is 49.1 Å². The van der Waals surface area contributed by atoms with Crippen LogP contribution in [0.5, 0.6) is 0 Å². The highest BCUT2D eigenvalue weighted by Gasteiger charge is 2.29. The van der Waals surface area contributed by atoms with E-state index in [4.69, 9.17) is 23.2 Å². The molecule has 10 heteroatoms. The Kier molecular flexibility index (Phi) is 11.5. The molecule has 0 radical (unpaired) electrons. The van der Waals surface area contributed by atoms with Gasteiger partial charge < -0.3 is 10.2 Å². The fourth-order valence-corrected chi connectivity index (χ4v) is 5.16. The van der Waals surface area contributed by atoms with Crippen molar-refractivity contribution in [2.24, 2.45) is 0 Å². The van der Waals surface area contributed by atoms with E-state index in [-0.39, 0.29) is 36.2 Å². The lowest BCUT2D eigenvalue weighted by Gasteiger charge is -2.31. The molecule has 1 N–H and O–H groups in total. The standard InChI is InChI=1S/C25H33Cl2N3O4S/c1-4-15-28-25(32)23(5-2)30(18-19-13-14-21(26)22(27)17-19)24(31)12-9-16-29(3)35(33,34)20-10-7-6-8-11-20/h6-8,10-11,13-14,17,23H,4-5,9,12,15-16,18H2,1-3H3,(H,28,32). The van der Waals surface area contributed by atoms with E-state index in [0.29, 0.717) is 29.4 Å². The Morgan fingerprint density at radius 2 is 1.71 bits per heavy atom. The SMILES string of the molecule is CCCNC(=O)C(CC)N(Cc1ccc(Cl)c(Cl)c1)C(=O)CCCN(C)S(=O)(=O)c1ccccc1. The van der Waals surface area contributed by atoms with Gasteiger partial charge in [-0.2, -0.15) is 0 Å². The predicted molar refractivity (Wildman–Crippen MR) is 140 cm³/mol. The summed E-state index contributed by atoms with van der Waals surface area (Å²) in [5.74, 6) is -0.452.